The maximum absolute atomic E-state index is 12.7. The van der Waals surface area contributed by atoms with Crippen molar-refractivity contribution < 1.29 is 9.53 Å². The minimum absolute atomic E-state index is 0.120. The Morgan fingerprint density at radius 1 is 1.07 bits per heavy atom. The first-order valence-electron chi connectivity index (χ1n) is 9.68. The van der Waals surface area contributed by atoms with Crippen molar-refractivity contribution in [2.24, 2.45) is 0 Å². The first-order valence-corrected chi connectivity index (χ1v) is 11.1. The summed E-state index contributed by atoms with van der Waals surface area (Å²) in [4.78, 5) is 16.9. The lowest BCUT2D eigenvalue weighted by molar-refractivity contribution is 0.0792. The van der Waals surface area contributed by atoms with E-state index in [-0.39, 0.29) is 5.91 Å². The summed E-state index contributed by atoms with van der Waals surface area (Å²) < 4.78 is 5.89. The SMILES string of the molecule is CSCCc1ccc(N2CCOc3cc(C(=O)N4CCCC4)ccc32)cc1. The van der Waals surface area contributed by atoms with Crippen LogP contribution in [0.1, 0.15) is 28.8 Å². The van der Waals surface area contributed by atoms with Crippen molar-refractivity contribution in [3.8, 4) is 5.75 Å². The maximum Gasteiger partial charge on any atom is 0.253 e. The number of fused-ring (bicyclic) bond motifs is 1. The van der Waals surface area contributed by atoms with E-state index in [1.165, 1.54) is 11.3 Å². The summed E-state index contributed by atoms with van der Waals surface area (Å²) in [5.41, 5.74) is 4.31. The molecule has 142 valence electrons. The number of carbonyl (C=O) groups excluding carboxylic acids is 1. The van der Waals surface area contributed by atoms with Gasteiger partial charge in [0.2, 0.25) is 0 Å². The van der Waals surface area contributed by atoms with Crippen LogP contribution in [-0.4, -0.2) is 49.1 Å². The third-order valence-corrected chi connectivity index (χ3v) is 5.92. The summed E-state index contributed by atoms with van der Waals surface area (Å²) in [7, 11) is 0. The van der Waals surface area contributed by atoms with Crippen LogP contribution >= 0.6 is 11.8 Å². The van der Waals surface area contributed by atoms with Crippen molar-refractivity contribution in [2.45, 2.75) is 19.3 Å². The van der Waals surface area contributed by atoms with Crippen LogP contribution in [0.5, 0.6) is 5.75 Å². The number of hydrogen-bond acceptors (Lipinski definition) is 4. The van der Waals surface area contributed by atoms with Crippen molar-refractivity contribution in [3.63, 3.8) is 0 Å². The fourth-order valence-electron chi connectivity index (χ4n) is 3.79. The lowest BCUT2D eigenvalue weighted by Gasteiger charge is -2.32. The minimum atomic E-state index is 0.120. The molecule has 5 heteroatoms. The van der Waals surface area contributed by atoms with E-state index in [9.17, 15) is 4.79 Å². The van der Waals surface area contributed by atoms with Crippen molar-refractivity contribution in [1.29, 1.82) is 0 Å². The smallest absolute Gasteiger partial charge is 0.253 e. The molecule has 1 fully saturated rings. The predicted molar refractivity (Wildman–Crippen MR) is 113 cm³/mol. The van der Waals surface area contributed by atoms with Gasteiger partial charge in [0.1, 0.15) is 12.4 Å². The van der Waals surface area contributed by atoms with Gasteiger partial charge in [-0.15, -0.1) is 0 Å². The molecular formula is C22H26N2O2S. The van der Waals surface area contributed by atoms with E-state index in [2.05, 4.69) is 35.4 Å². The van der Waals surface area contributed by atoms with Gasteiger partial charge in [0.15, 0.2) is 0 Å². The van der Waals surface area contributed by atoms with E-state index in [1.807, 2.05) is 34.9 Å². The zero-order valence-corrected chi connectivity index (χ0v) is 16.6. The Labute approximate surface area is 165 Å². The molecule has 4 rings (SSSR count). The molecule has 4 nitrogen and oxygen atoms in total. The molecule has 2 aliphatic rings. The largest absolute Gasteiger partial charge is 0.490 e. The second kappa shape index (κ2) is 8.26. The molecule has 0 N–H and O–H groups in total. The minimum Gasteiger partial charge on any atom is -0.490 e. The van der Waals surface area contributed by atoms with Gasteiger partial charge in [-0.3, -0.25) is 4.79 Å². The number of benzene rings is 2. The topological polar surface area (TPSA) is 32.8 Å². The van der Waals surface area contributed by atoms with E-state index in [4.69, 9.17) is 4.74 Å². The fourth-order valence-corrected chi connectivity index (χ4v) is 4.23. The molecule has 2 aromatic carbocycles. The van der Waals surface area contributed by atoms with Crippen LogP contribution in [-0.2, 0) is 6.42 Å². The van der Waals surface area contributed by atoms with Crippen molar-refractivity contribution in [2.75, 3.05) is 43.1 Å². The molecule has 2 aliphatic heterocycles. The van der Waals surface area contributed by atoms with Gasteiger partial charge in [0, 0.05) is 24.3 Å². The van der Waals surface area contributed by atoms with Crippen LogP contribution in [0.2, 0.25) is 0 Å². The van der Waals surface area contributed by atoms with Gasteiger partial charge in [-0.2, -0.15) is 11.8 Å². The molecule has 0 atom stereocenters. The Balaban J connectivity index is 1.55. The van der Waals surface area contributed by atoms with Crippen LogP contribution in [0.3, 0.4) is 0 Å². The summed E-state index contributed by atoms with van der Waals surface area (Å²) in [6.07, 6.45) is 5.45. The third-order valence-electron chi connectivity index (χ3n) is 5.31. The molecule has 0 aliphatic carbocycles. The maximum atomic E-state index is 12.7. The lowest BCUT2D eigenvalue weighted by Crippen LogP contribution is -2.30. The molecule has 0 bridgehead atoms. The van der Waals surface area contributed by atoms with E-state index in [0.29, 0.717) is 6.61 Å². The molecule has 0 spiro atoms. The Bertz CT molecular complexity index is 800. The highest BCUT2D eigenvalue weighted by Gasteiger charge is 2.24. The Hall–Kier alpha value is -2.14. The normalized spacial score (nSPS) is 16.2. The third kappa shape index (κ3) is 3.93. The number of likely N-dealkylation sites (tertiary alicyclic amines) is 1. The standard InChI is InChI=1S/C22H26N2O2S/c1-27-15-10-17-4-7-19(8-5-17)24-13-14-26-21-16-18(6-9-20(21)24)22(25)23-11-2-3-12-23/h4-9,16H,2-3,10-15H2,1H3. The fraction of sp³-hybridized carbons (Fsp3) is 0.409. The van der Waals surface area contributed by atoms with Crippen LogP contribution in [0.25, 0.3) is 0 Å². The summed E-state index contributed by atoms with van der Waals surface area (Å²) >= 11 is 1.87. The zero-order valence-electron chi connectivity index (χ0n) is 15.8. The quantitative estimate of drug-likeness (QED) is 0.769. The molecule has 0 saturated carbocycles. The number of thioether (sulfide) groups is 1. The second-order valence-corrected chi connectivity index (χ2v) is 8.08. The number of rotatable bonds is 5. The molecule has 2 aromatic rings. The lowest BCUT2D eigenvalue weighted by atomic mass is 10.1. The van der Waals surface area contributed by atoms with Gasteiger partial charge in [0.25, 0.3) is 5.91 Å². The number of carbonyl (C=O) groups is 1. The number of amides is 1. The molecule has 0 unspecified atom stereocenters. The van der Waals surface area contributed by atoms with Crippen LogP contribution in [0.15, 0.2) is 42.5 Å². The van der Waals surface area contributed by atoms with E-state index >= 15 is 0 Å². The van der Waals surface area contributed by atoms with Crippen molar-refractivity contribution >= 4 is 29.0 Å². The monoisotopic (exact) mass is 382 g/mol. The predicted octanol–water partition coefficient (Wildman–Crippen LogP) is 4.36. The summed E-state index contributed by atoms with van der Waals surface area (Å²) in [5.74, 6) is 2.07. The van der Waals surface area contributed by atoms with Gasteiger partial charge in [-0.1, -0.05) is 12.1 Å². The molecule has 2 heterocycles. The molecule has 1 amide bonds. The summed E-state index contributed by atoms with van der Waals surface area (Å²) in [6.45, 7) is 3.18. The second-order valence-electron chi connectivity index (χ2n) is 7.09. The highest BCUT2D eigenvalue weighted by Crippen LogP contribution is 2.37. The van der Waals surface area contributed by atoms with Crippen LogP contribution in [0.4, 0.5) is 11.4 Å². The van der Waals surface area contributed by atoms with Crippen LogP contribution in [0, 0.1) is 0 Å². The Morgan fingerprint density at radius 2 is 1.85 bits per heavy atom. The Kier molecular flexibility index (Phi) is 5.58. The van der Waals surface area contributed by atoms with Crippen molar-refractivity contribution in [3.05, 3.63) is 53.6 Å². The number of hydrogen-bond donors (Lipinski definition) is 0. The number of anilines is 2. The number of ether oxygens (including phenoxy) is 1. The highest BCUT2D eigenvalue weighted by atomic mass is 32.2. The molecular weight excluding hydrogens is 356 g/mol. The van der Waals surface area contributed by atoms with Gasteiger partial charge >= 0.3 is 0 Å². The zero-order chi connectivity index (χ0) is 18.6. The van der Waals surface area contributed by atoms with Crippen molar-refractivity contribution in [1.82, 2.24) is 4.90 Å². The first kappa shape index (κ1) is 18.2. The number of nitrogens with zero attached hydrogens (tertiary/aromatic N) is 2. The first-order chi connectivity index (χ1) is 13.3. The van der Waals surface area contributed by atoms with Gasteiger partial charge in [0.05, 0.1) is 12.2 Å². The van der Waals surface area contributed by atoms with E-state index in [1.54, 1.807) is 0 Å². The van der Waals surface area contributed by atoms with E-state index < -0.39 is 0 Å². The highest BCUT2D eigenvalue weighted by molar-refractivity contribution is 7.98. The summed E-state index contributed by atoms with van der Waals surface area (Å²) in [5, 5.41) is 0. The molecule has 1 saturated heterocycles. The average Bonchev–Trinajstić information content (AvgIpc) is 3.26. The van der Waals surface area contributed by atoms with Gasteiger partial charge in [-0.05, 0) is 67.2 Å². The van der Waals surface area contributed by atoms with Crippen LogP contribution < -0.4 is 9.64 Å². The van der Waals surface area contributed by atoms with Gasteiger partial charge < -0.3 is 14.5 Å². The molecule has 0 aromatic heterocycles. The molecule has 0 radical (unpaired) electrons. The number of aryl methyl sites for hydroxylation is 1. The van der Waals surface area contributed by atoms with E-state index in [0.717, 1.165) is 61.6 Å². The summed E-state index contributed by atoms with van der Waals surface area (Å²) in [6, 6.07) is 14.7. The Morgan fingerprint density at radius 3 is 2.59 bits per heavy atom. The molecule has 27 heavy (non-hydrogen) atoms. The average molecular weight is 383 g/mol. The van der Waals surface area contributed by atoms with Gasteiger partial charge in [-0.25, -0.2) is 0 Å².